The van der Waals surface area contributed by atoms with Crippen molar-refractivity contribution in [3.8, 4) is 0 Å². The van der Waals surface area contributed by atoms with Gasteiger partial charge < -0.3 is 4.90 Å². The third-order valence-electron chi connectivity index (χ3n) is 2.99. The molecule has 1 heterocycles. The maximum atomic E-state index is 11.8. The number of aryl methyl sites for hydroxylation is 1. The zero-order valence-corrected chi connectivity index (χ0v) is 10.5. The lowest BCUT2D eigenvalue weighted by atomic mass is 10.0. The zero-order valence-electron chi connectivity index (χ0n) is 9.76. The van der Waals surface area contributed by atoms with Gasteiger partial charge in [-0.05, 0) is 24.5 Å². The highest BCUT2D eigenvalue weighted by molar-refractivity contribution is 6.17. The molecule has 0 spiro atoms. The van der Waals surface area contributed by atoms with Gasteiger partial charge in [0.15, 0.2) is 0 Å². The molecule has 1 amide bonds. The molecule has 0 atom stereocenters. The molecule has 0 unspecified atom stereocenters. The minimum atomic E-state index is -0.417. The highest BCUT2D eigenvalue weighted by atomic mass is 35.5. The van der Waals surface area contributed by atoms with Crippen LogP contribution in [-0.4, -0.2) is 23.3 Å². The number of alkyl halides is 1. The Morgan fingerprint density at radius 1 is 1.39 bits per heavy atom. The van der Waals surface area contributed by atoms with E-state index >= 15 is 0 Å². The highest BCUT2D eigenvalue weighted by Crippen LogP contribution is 2.31. The molecule has 1 aromatic rings. The Balaban J connectivity index is 2.32. The molecule has 0 saturated carbocycles. The number of fused-ring (bicyclic) bond motifs is 1. The second kappa shape index (κ2) is 5.35. The van der Waals surface area contributed by atoms with E-state index in [1.807, 2.05) is 0 Å². The predicted octanol–water partition coefficient (Wildman–Crippen LogP) is 2.50. The van der Waals surface area contributed by atoms with E-state index in [4.69, 9.17) is 11.6 Å². The fourth-order valence-corrected chi connectivity index (χ4v) is 2.24. The molecule has 0 aromatic heterocycles. The molecule has 18 heavy (non-hydrogen) atoms. The number of nitrogens with zero attached hydrogens (tertiary/aromatic N) is 2. The van der Waals surface area contributed by atoms with Crippen LogP contribution < -0.4 is 4.90 Å². The van der Waals surface area contributed by atoms with E-state index in [9.17, 15) is 14.9 Å². The van der Waals surface area contributed by atoms with Crippen LogP contribution in [0.3, 0.4) is 0 Å². The Labute approximate surface area is 109 Å². The number of carbonyl (C=O) groups is 1. The number of anilines is 1. The third kappa shape index (κ3) is 2.46. The average molecular weight is 269 g/mol. The summed E-state index contributed by atoms with van der Waals surface area (Å²) in [7, 11) is 0. The van der Waals surface area contributed by atoms with Gasteiger partial charge in [-0.3, -0.25) is 14.9 Å². The first kappa shape index (κ1) is 12.8. The number of amides is 1. The molecule has 1 aliphatic heterocycles. The highest BCUT2D eigenvalue weighted by Gasteiger charge is 2.25. The minimum Gasteiger partial charge on any atom is -0.312 e. The van der Waals surface area contributed by atoms with Gasteiger partial charge in [-0.25, -0.2) is 0 Å². The average Bonchev–Trinajstić information content (AvgIpc) is 2.37. The smallest absolute Gasteiger partial charge is 0.269 e. The maximum absolute atomic E-state index is 11.8. The Hall–Kier alpha value is -1.62. The van der Waals surface area contributed by atoms with Crippen LogP contribution in [-0.2, 0) is 11.2 Å². The maximum Gasteiger partial charge on any atom is 0.269 e. The first-order valence-electron chi connectivity index (χ1n) is 5.77. The quantitative estimate of drug-likeness (QED) is 0.479. The van der Waals surface area contributed by atoms with Crippen molar-refractivity contribution in [2.24, 2.45) is 0 Å². The van der Waals surface area contributed by atoms with Crippen molar-refractivity contribution < 1.29 is 9.72 Å². The summed E-state index contributed by atoms with van der Waals surface area (Å²) in [6.07, 6.45) is 1.67. The van der Waals surface area contributed by atoms with Crippen LogP contribution in [0.1, 0.15) is 18.4 Å². The molecule has 0 radical (unpaired) electrons. The van der Waals surface area contributed by atoms with Crippen molar-refractivity contribution in [3.05, 3.63) is 33.9 Å². The summed E-state index contributed by atoms with van der Waals surface area (Å²) in [6.45, 7) is 0.563. The molecule has 1 aliphatic rings. The first-order chi connectivity index (χ1) is 8.63. The van der Waals surface area contributed by atoms with Gasteiger partial charge in [-0.1, -0.05) is 0 Å². The van der Waals surface area contributed by atoms with E-state index < -0.39 is 4.92 Å². The molecule has 1 aromatic carbocycles. The Morgan fingerprint density at radius 2 is 2.17 bits per heavy atom. The van der Waals surface area contributed by atoms with Gasteiger partial charge in [-0.15, -0.1) is 11.6 Å². The third-order valence-corrected chi connectivity index (χ3v) is 3.26. The second-order valence-electron chi connectivity index (χ2n) is 4.16. The standard InChI is InChI=1S/C12H13ClN2O3/c13-6-1-7-14-11-4-3-10(15(17)18)8-9(11)2-5-12(14)16/h3-4,8H,1-2,5-7H2. The van der Waals surface area contributed by atoms with Crippen LogP contribution in [0, 0.1) is 10.1 Å². The van der Waals surface area contributed by atoms with Crippen molar-refractivity contribution in [3.63, 3.8) is 0 Å². The zero-order chi connectivity index (χ0) is 13.1. The number of benzene rings is 1. The number of nitro groups is 1. The largest absolute Gasteiger partial charge is 0.312 e. The van der Waals surface area contributed by atoms with E-state index in [-0.39, 0.29) is 11.6 Å². The van der Waals surface area contributed by atoms with Crippen molar-refractivity contribution in [1.82, 2.24) is 0 Å². The van der Waals surface area contributed by atoms with Crippen molar-refractivity contribution in [1.29, 1.82) is 0 Å². The SMILES string of the molecule is O=C1CCc2cc([N+](=O)[O-])ccc2N1CCCCl. The lowest BCUT2D eigenvalue weighted by Gasteiger charge is -2.29. The van der Waals surface area contributed by atoms with Gasteiger partial charge in [0.2, 0.25) is 5.91 Å². The summed E-state index contributed by atoms with van der Waals surface area (Å²) in [4.78, 5) is 23.8. The van der Waals surface area contributed by atoms with E-state index in [1.165, 1.54) is 6.07 Å². The van der Waals surface area contributed by atoms with Gasteiger partial charge in [0.1, 0.15) is 0 Å². The number of nitro benzene ring substituents is 1. The molecule has 96 valence electrons. The first-order valence-corrected chi connectivity index (χ1v) is 6.30. The summed E-state index contributed by atoms with van der Waals surface area (Å²) < 4.78 is 0. The molecule has 0 saturated heterocycles. The van der Waals surface area contributed by atoms with Gasteiger partial charge in [-0.2, -0.15) is 0 Å². The van der Waals surface area contributed by atoms with Crippen LogP contribution in [0.25, 0.3) is 0 Å². The van der Waals surface area contributed by atoms with Crippen LogP contribution in [0.4, 0.5) is 11.4 Å². The number of rotatable bonds is 4. The van der Waals surface area contributed by atoms with Crippen LogP contribution in [0.15, 0.2) is 18.2 Å². The molecule has 2 rings (SSSR count). The number of hydrogen-bond acceptors (Lipinski definition) is 3. The minimum absolute atomic E-state index is 0.0569. The molecule has 0 aliphatic carbocycles. The predicted molar refractivity (Wildman–Crippen MR) is 69.1 cm³/mol. The van der Waals surface area contributed by atoms with Crippen LogP contribution >= 0.6 is 11.6 Å². The van der Waals surface area contributed by atoms with Crippen molar-refractivity contribution >= 4 is 28.9 Å². The molecule has 6 heteroatoms. The molecular weight excluding hydrogens is 256 g/mol. The van der Waals surface area contributed by atoms with Crippen LogP contribution in [0.5, 0.6) is 0 Å². The summed E-state index contributed by atoms with van der Waals surface area (Å²) in [5, 5.41) is 10.7. The number of halogens is 1. The van der Waals surface area contributed by atoms with Gasteiger partial charge in [0.05, 0.1) is 4.92 Å². The van der Waals surface area contributed by atoms with Crippen molar-refractivity contribution in [2.75, 3.05) is 17.3 Å². The summed E-state index contributed by atoms with van der Waals surface area (Å²) >= 11 is 5.64. The van der Waals surface area contributed by atoms with Gasteiger partial charge in [0, 0.05) is 36.7 Å². The van der Waals surface area contributed by atoms with E-state index in [0.29, 0.717) is 31.7 Å². The molecule has 5 nitrogen and oxygen atoms in total. The lowest BCUT2D eigenvalue weighted by molar-refractivity contribution is -0.384. The van der Waals surface area contributed by atoms with Gasteiger partial charge >= 0.3 is 0 Å². The molecular formula is C12H13ClN2O3. The lowest BCUT2D eigenvalue weighted by Crippen LogP contribution is -2.36. The summed E-state index contributed by atoms with van der Waals surface area (Å²) in [5.74, 6) is 0.549. The number of hydrogen-bond donors (Lipinski definition) is 0. The summed E-state index contributed by atoms with van der Waals surface area (Å²) in [6, 6.07) is 4.64. The fourth-order valence-electron chi connectivity index (χ4n) is 2.12. The van der Waals surface area contributed by atoms with E-state index in [0.717, 1.165) is 11.3 Å². The summed E-state index contributed by atoms with van der Waals surface area (Å²) in [5.41, 5.74) is 1.71. The van der Waals surface area contributed by atoms with Crippen molar-refractivity contribution in [2.45, 2.75) is 19.3 Å². The Morgan fingerprint density at radius 3 is 2.83 bits per heavy atom. The fraction of sp³-hybridized carbons (Fsp3) is 0.417. The topological polar surface area (TPSA) is 63.4 Å². The number of carbonyl (C=O) groups excluding carboxylic acids is 1. The second-order valence-corrected chi connectivity index (χ2v) is 4.54. The Bertz CT molecular complexity index is 490. The van der Waals surface area contributed by atoms with E-state index in [2.05, 4.69) is 0 Å². The Kier molecular flexibility index (Phi) is 3.81. The molecule has 0 bridgehead atoms. The number of non-ortho nitro benzene ring substituents is 1. The molecule has 0 N–H and O–H groups in total. The monoisotopic (exact) mass is 268 g/mol. The normalized spacial score (nSPS) is 14.5. The van der Waals surface area contributed by atoms with Gasteiger partial charge in [0.25, 0.3) is 5.69 Å². The molecule has 0 fully saturated rings. The van der Waals surface area contributed by atoms with Crippen LogP contribution in [0.2, 0.25) is 0 Å². The van der Waals surface area contributed by atoms with E-state index in [1.54, 1.807) is 17.0 Å².